The van der Waals surface area contributed by atoms with Gasteiger partial charge < -0.3 is 5.11 Å². The molecule has 0 bridgehead atoms. The van der Waals surface area contributed by atoms with Crippen LogP contribution in [-0.4, -0.2) is 21.0 Å². The van der Waals surface area contributed by atoms with Gasteiger partial charge in [-0.3, -0.25) is 4.68 Å². The molecule has 1 aromatic heterocycles. The van der Waals surface area contributed by atoms with Crippen molar-refractivity contribution < 1.29 is 5.11 Å². The molecule has 1 aromatic carbocycles. The Hall–Kier alpha value is -1.61. The molecule has 0 saturated heterocycles. The highest BCUT2D eigenvalue weighted by molar-refractivity contribution is 5.23. The van der Waals surface area contributed by atoms with Crippen LogP contribution in [0.1, 0.15) is 22.5 Å². The lowest BCUT2D eigenvalue weighted by Crippen LogP contribution is -2.16. The minimum absolute atomic E-state index is 0.360. The molecule has 0 saturated carbocycles. The highest BCUT2D eigenvalue weighted by Crippen LogP contribution is 2.11. The number of aliphatic hydroxyl groups excluding tert-OH is 1. The predicted octanol–water partition coefficient (Wildman–Crippen LogP) is 2.18. The average Bonchev–Trinajstić information content (AvgIpc) is 2.57. The van der Waals surface area contributed by atoms with Crippen molar-refractivity contribution in [2.45, 2.75) is 32.8 Å². The molecule has 1 unspecified atom stereocenters. The van der Waals surface area contributed by atoms with Crippen LogP contribution in [0.3, 0.4) is 0 Å². The monoisotopic (exact) mass is 244 g/mol. The number of aryl methyl sites for hydroxylation is 3. The molecule has 18 heavy (non-hydrogen) atoms. The van der Waals surface area contributed by atoms with E-state index in [1.807, 2.05) is 30.8 Å². The topological polar surface area (TPSA) is 38.1 Å². The van der Waals surface area contributed by atoms with Crippen molar-refractivity contribution in [3.05, 3.63) is 52.8 Å². The third-order valence-corrected chi connectivity index (χ3v) is 3.10. The lowest BCUT2D eigenvalue weighted by molar-refractivity contribution is 0.173. The number of nitrogens with zero attached hydrogens (tertiary/aromatic N) is 2. The standard InChI is InChI=1S/C15H20N2O/c1-11-5-4-6-13(7-11)9-15(18)10-14-8-12(2)16-17(14)3/h4-8,15,18H,9-10H2,1-3H3. The molecule has 0 aliphatic rings. The Kier molecular flexibility index (Phi) is 3.82. The van der Waals surface area contributed by atoms with Gasteiger partial charge in [-0.05, 0) is 31.9 Å². The van der Waals surface area contributed by atoms with Crippen molar-refractivity contribution in [1.29, 1.82) is 0 Å². The maximum absolute atomic E-state index is 10.1. The molecule has 96 valence electrons. The Bertz CT molecular complexity index is 531. The molecule has 0 spiro atoms. The maximum atomic E-state index is 10.1. The average molecular weight is 244 g/mol. The molecule has 0 amide bonds. The second-order valence-corrected chi connectivity index (χ2v) is 4.95. The molecule has 3 heteroatoms. The molecule has 2 aromatic rings. The minimum atomic E-state index is -0.360. The fraction of sp³-hybridized carbons (Fsp3) is 0.400. The Balaban J connectivity index is 2.00. The normalized spacial score (nSPS) is 12.7. The first kappa shape index (κ1) is 12.8. The first-order chi connectivity index (χ1) is 8.54. The van der Waals surface area contributed by atoms with Crippen molar-refractivity contribution in [1.82, 2.24) is 9.78 Å². The van der Waals surface area contributed by atoms with E-state index in [1.54, 1.807) is 0 Å². The van der Waals surface area contributed by atoms with Crippen molar-refractivity contribution in [3.8, 4) is 0 Å². The highest BCUT2D eigenvalue weighted by Gasteiger charge is 2.10. The van der Waals surface area contributed by atoms with Crippen LogP contribution >= 0.6 is 0 Å². The molecular weight excluding hydrogens is 224 g/mol. The van der Waals surface area contributed by atoms with Gasteiger partial charge in [0, 0.05) is 19.2 Å². The minimum Gasteiger partial charge on any atom is -0.392 e. The number of rotatable bonds is 4. The summed E-state index contributed by atoms with van der Waals surface area (Å²) in [4.78, 5) is 0. The smallest absolute Gasteiger partial charge is 0.0635 e. The third-order valence-electron chi connectivity index (χ3n) is 3.10. The van der Waals surface area contributed by atoms with Gasteiger partial charge in [0.2, 0.25) is 0 Å². The lowest BCUT2D eigenvalue weighted by Gasteiger charge is -2.11. The van der Waals surface area contributed by atoms with Crippen molar-refractivity contribution in [2.24, 2.45) is 7.05 Å². The molecule has 2 rings (SSSR count). The molecule has 0 aliphatic carbocycles. The van der Waals surface area contributed by atoms with Crippen LogP contribution in [0, 0.1) is 13.8 Å². The van der Waals surface area contributed by atoms with Gasteiger partial charge in [-0.15, -0.1) is 0 Å². The van der Waals surface area contributed by atoms with Gasteiger partial charge >= 0.3 is 0 Å². The summed E-state index contributed by atoms with van der Waals surface area (Å²) in [7, 11) is 1.92. The molecule has 0 fully saturated rings. The largest absolute Gasteiger partial charge is 0.392 e. The summed E-state index contributed by atoms with van der Waals surface area (Å²) in [5.41, 5.74) is 4.49. The van der Waals surface area contributed by atoms with E-state index < -0.39 is 0 Å². The molecule has 0 aliphatic heterocycles. The SMILES string of the molecule is Cc1cccc(CC(O)Cc2cc(C)nn2C)c1. The van der Waals surface area contributed by atoms with Gasteiger partial charge in [0.25, 0.3) is 0 Å². The van der Waals surface area contributed by atoms with E-state index in [0.29, 0.717) is 12.8 Å². The Morgan fingerprint density at radius 2 is 2.00 bits per heavy atom. The zero-order chi connectivity index (χ0) is 13.1. The molecule has 1 atom stereocenters. The van der Waals surface area contributed by atoms with E-state index in [1.165, 1.54) is 11.1 Å². The number of benzene rings is 1. The van der Waals surface area contributed by atoms with Crippen molar-refractivity contribution >= 4 is 0 Å². The van der Waals surface area contributed by atoms with Crippen molar-refractivity contribution in [2.75, 3.05) is 0 Å². The molecule has 0 radical (unpaired) electrons. The quantitative estimate of drug-likeness (QED) is 0.895. The number of hydrogen-bond acceptors (Lipinski definition) is 2. The number of aliphatic hydroxyl groups is 1. The number of hydrogen-bond donors (Lipinski definition) is 1. The van der Waals surface area contributed by atoms with Gasteiger partial charge in [0.15, 0.2) is 0 Å². The fourth-order valence-corrected chi connectivity index (χ4v) is 2.28. The van der Waals surface area contributed by atoms with E-state index in [4.69, 9.17) is 0 Å². The molecule has 1 N–H and O–H groups in total. The Labute approximate surface area is 108 Å². The summed E-state index contributed by atoms with van der Waals surface area (Å²) >= 11 is 0. The van der Waals surface area contributed by atoms with Gasteiger partial charge in [-0.1, -0.05) is 29.8 Å². The Morgan fingerprint density at radius 3 is 2.61 bits per heavy atom. The van der Waals surface area contributed by atoms with Crippen LogP contribution in [0.15, 0.2) is 30.3 Å². The second-order valence-electron chi connectivity index (χ2n) is 4.95. The van der Waals surface area contributed by atoms with Crippen LogP contribution in [0.25, 0.3) is 0 Å². The summed E-state index contributed by atoms with van der Waals surface area (Å²) in [5.74, 6) is 0. The highest BCUT2D eigenvalue weighted by atomic mass is 16.3. The first-order valence-electron chi connectivity index (χ1n) is 6.27. The zero-order valence-electron chi connectivity index (χ0n) is 11.2. The number of aromatic nitrogens is 2. The maximum Gasteiger partial charge on any atom is 0.0635 e. The lowest BCUT2D eigenvalue weighted by atomic mass is 10.0. The van der Waals surface area contributed by atoms with Crippen molar-refractivity contribution in [3.63, 3.8) is 0 Å². The summed E-state index contributed by atoms with van der Waals surface area (Å²) in [6.45, 7) is 4.04. The molecule has 3 nitrogen and oxygen atoms in total. The first-order valence-corrected chi connectivity index (χ1v) is 6.27. The van der Waals surface area contributed by atoms with Crippen LogP contribution < -0.4 is 0 Å². The van der Waals surface area contributed by atoms with E-state index in [0.717, 1.165) is 11.4 Å². The van der Waals surface area contributed by atoms with Crippen LogP contribution in [0.4, 0.5) is 0 Å². The van der Waals surface area contributed by atoms with Crippen LogP contribution in [0.5, 0.6) is 0 Å². The Morgan fingerprint density at radius 1 is 1.22 bits per heavy atom. The van der Waals surface area contributed by atoms with E-state index in [9.17, 15) is 5.11 Å². The fourth-order valence-electron chi connectivity index (χ4n) is 2.28. The van der Waals surface area contributed by atoms with Crippen LogP contribution in [-0.2, 0) is 19.9 Å². The van der Waals surface area contributed by atoms with E-state index in [2.05, 4.69) is 30.2 Å². The summed E-state index contributed by atoms with van der Waals surface area (Å²) in [6, 6.07) is 10.3. The van der Waals surface area contributed by atoms with E-state index in [-0.39, 0.29) is 6.10 Å². The van der Waals surface area contributed by atoms with Crippen LogP contribution in [0.2, 0.25) is 0 Å². The van der Waals surface area contributed by atoms with Gasteiger partial charge in [-0.25, -0.2) is 0 Å². The summed E-state index contributed by atoms with van der Waals surface area (Å²) in [6.07, 6.45) is 0.971. The summed E-state index contributed by atoms with van der Waals surface area (Å²) in [5, 5.41) is 14.4. The molecule has 1 heterocycles. The third kappa shape index (κ3) is 3.20. The van der Waals surface area contributed by atoms with E-state index >= 15 is 0 Å². The van der Waals surface area contributed by atoms with Gasteiger partial charge in [-0.2, -0.15) is 5.10 Å². The zero-order valence-corrected chi connectivity index (χ0v) is 11.2. The predicted molar refractivity (Wildman–Crippen MR) is 72.5 cm³/mol. The summed E-state index contributed by atoms with van der Waals surface area (Å²) < 4.78 is 1.84. The second kappa shape index (κ2) is 5.36. The molecular formula is C15H20N2O. The van der Waals surface area contributed by atoms with Gasteiger partial charge in [0.05, 0.1) is 11.8 Å². The van der Waals surface area contributed by atoms with Gasteiger partial charge in [0.1, 0.15) is 0 Å².